The number of aliphatic hydroxyl groups is 1. The number of carbonyl (C=O) groups excluding carboxylic acids is 2. The van der Waals surface area contributed by atoms with Gasteiger partial charge in [-0.05, 0) is 19.1 Å². The lowest BCUT2D eigenvalue weighted by molar-refractivity contribution is -0.165. The van der Waals surface area contributed by atoms with Gasteiger partial charge < -0.3 is 25.4 Å². The predicted molar refractivity (Wildman–Crippen MR) is 119 cm³/mol. The van der Waals surface area contributed by atoms with Crippen molar-refractivity contribution < 1.29 is 28.3 Å². The number of ether oxygens (including phenoxy) is 1. The highest BCUT2D eigenvalue weighted by Gasteiger charge is 2.49. The number of hydrogen-bond acceptors (Lipinski definition) is 10. The van der Waals surface area contributed by atoms with Crippen molar-refractivity contribution in [1.29, 1.82) is 0 Å². The number of nitrogens with one attached hydrogen (secondary N) is 1. The van der Waals surface area contributed by atoms with Crippen molar-refractivity contribution in [3.05, 3.63) is 48.7 Å². The number of nitrogen functional groups attached to an aromatic ring is 1. The third kappa shape index (κ3) is 3.94. The molecule has 4 N–H and O–H groups in total. The first kappa shape index (κ1) is 22.4. The smallest absolute Gasteiger partial charge is 0.260 e. The summed E-state index contributed by atoms with van der Waals surface area (Å²) in [6, 6.07) is 5.60. The minimum atomic E-state index is -2.31. The largest absolute Gasteiger partial charge is 0.380 e. The van der Waals surface area contributed by atoms with Gasteiger partial charge in [-0.3, -0.25) is 14.5 Å². The van der Waals surface area contributed by atoms with Crippen LogP contribution < -0.4 is 16.0 Å². The maximum absolute atomic E-state index is 14.4. The van der Waals surface area contributed by atoms with Crippen LogP contribution in [0.25, 0.3) is 16.7 Å². The van der Waals surface area contributed by atoms with Gasteiger partial charge in [0.2, 0.25) is 0 Å². The van der Waals surface area contributed by atoms with Crippen molar-refractivity contribution in [2.75, 3.05) is 29.1 Å². The van der Waals surface area contributed by atoms with Crippen LogP contribution in [0.2, 0.25) is 0 Å². The van der Waals surface area contributed by atoms with Gasteiger partial charge in [0.05, 0.1) is 31.2 Å². The van der Waals surface area contributed by atoms with E-state index < -0.39 is 29.3 Å². The van der Waals surface area contributed by atoms with Crippen molar-refractivity contribution in [3.8, 4) is 5.69 Å². The van der Waals surface area contributed by atoms with Gasteiger partial charge in [0.1, 0.15) is 11.2 Å². The molecule has 2 atom stereocenters. The number of carbonyl (C=O) groups is 2. The van der Waals surface area contributed by atoms with Crippen LogP contribution in [0.4, 0.5) is 21.7 Å². The summed E-state index contributed by atoms with van der Waals surface area (Å²) in [6.45, 7) is 1.34. The first-order valence-electron chi connectivity index (χ1n) is 10.4. The molecule has 1 saturated heterocycles. The molecule has 0 saturated carbocycles. The predicted octanol–water partition coefficient (Wildman–Crippen LogP) is 0.646. The second-order valence-corrected chi connectivity index (χ2v) is 7.96. The van der Waals surface area contributed by atoms with E-state index in [2.05, 4.69) is 25.8 Å². The Morgan fingerprint density at radius 2 is 2.17 bits per heavy atom. The zero-order valence-electron chi connectivity index (χ0n) is 18.3. The van der Waals surface area contributed by atoms with E-state index in [1.807, 2.05) is 0 Å². The summed E-state index contributed by atoms with van der Waals surface area (Å²) in [6.07, 6.45) is 3.10. The van der Waals surface area contributed by atoms with Gasteiger partial charge in [-0.15, -0.1) is 5.10 Å². The van der Waals surface area contributed by atoms with Crippen LogP contribution in [0.15, 0.2) is 47.4 Å². The second-order valence-electron chi connectivity index (χ2n) is 7.96. The molecular formula is C21H19FN8O5. The highest BCUT2D eigenvalue weighted by atomic mass is 19.1. The number of nitrogens with zero attached hydrogens (tertiary/aromatic N) is 6. The molecule has 3 aromatic heterocycles. The van der Waals surface area contributed by atoms with Crippen molar-refractivity contribution in [3.63, 3.8) is 0 Å². The fourth-order valence-electron chi connectivity index (χ4n) is 3.73. The van der Waals surface area contributed by atoms with E-state index in [0.717, 1.165) is 13.0 Å². The molecule has 0 radical (unpaired) electrons. The van der Waals surface area contributed by atoms with Crippen LogP contribution in [0.5, 0.6) is 0 Å². The van der Waals surface area contributed by atoms with Gasteiger partial charge in [-0.2, -0.15) is 10.2 Å². The minimum Gasteiger partial charge on any atom is -0.380 e. The monoisotopic (exact) mass is 482 g/mol. The third-order valence-electron chi connectivity index (χ3n) is 5.56. The number of amides is 2. The molecule has 180 valence electrons. The summed E-state index contributed by atoms with van der Waals surface area (Å²) in [7, 11) is 0. The minimum absolute atomic E-state index is 0.00796. The molecule has 13 nitrogen and oxygen atoms in total. The molecule has 1 aliphatic rings. The zero-order valence-corrected chi connectivity index (χ0v) is 18.3. The normalized spacial score (nSPS) is 18.0. The number of hydrogen-bond donors (Lipinski definition) is 3. The third-order valence-corrected chi connectivity index (χ3v) is 5.56. The Bertz CT molecular complexity index is 1420. The van der Waals surface area contributed by atoms with Gasteiger partial charge in [-0.25, -0.2) is 9.07 Å². The van der Waals surface area contributed by atoms with Crippen molar-refractivity contribution in [2.45, 2.75) is 18.6 Å². The fraction of sp³-hybridized carbons (Fsp3) is 0.238. The first-order chi connectivity index (χ1) is 16.8. The van der Waals surface area contributed by atoms with Gasteiger partial charge >= 0.3 is 0 Å². The number of benzene rings is 1. The lowest BCUT2D eigenvalue weighted by atomic mass is 9.95. The van der Waals surface area contributed by atoms with E-state index in [4.69, 9.17) is 15.0 Å². The number of morpholine rings is 1. The van der Waals surface area contributed by atoms with E-state index in [1.54, 1.807) is 18.3 Å². The topological polar surface area (TPSA) is 175 Å². The molecule has 4 aromatic rings. The molecular weight excluding hydrogens is 463 g/mol. The number of rotatable bonds is 5. The van der Waals surface area contributed by atoms with Crippen LogP contribution in [0.1, 0.15) is 6.92 Å². The summed E-state index contributed by atoms with van der Waals surface area (Å²) in [4.78, 5) is 27.4. The Morgan fingerprint density at radius 1 is 1.34 bits per heavy atom. The number of halogens is 1. The van der Waals surface area contributed by atoms with E-state index in [0.29, 0.717) is 11.5 Å². The lowest BCUT2D eigenvalue weighted by Gasteiger charge is -2.37. The maximum Gasteiger partial charge on any atom is 0.260 e. The molecule has 5 rings (SSSR count). The standard InChI is InChI=1S/C21H19FN8O5/c1-21(33,20(32)26-11-8-13(22)16-14(9-11)35-28-18(16)23)17-19(31)29(6-7-34-17)15-3-5-30(27-15)12-2-4-24-25-10-12/h2-5,8-10,17,33H,6-7H2,1H3,(H2,23,28)(H,26,32). The molecule has 1 aliphatic heterocycles. The quantitative estimate of drug-likeness (QED) is 0.366. The fourth-order valence-corrected chi connectivity index (χ4v) is 3.73. The zero-order chi connectivity index (χ0) is 24.7. The molecule has 35 heavy (non-hydrogen) atoms. The first-order valence-corrected chi connectivity index (χ1v) is 10.4. The summed E-state index contributed by atoms with van der Waals surface area (Å²) >= 11 is 0. The van der Waals surface area contributed by atoms with Crippen LogP contribution in [0.3, 0.4) is 0 Å². The number of fused-ring (bicyclic) bond motifs is 1. The van der Waals surface area contributed by atoms with Crippen LogP contribution in [-0.4, -0.2) is 66.9 Å². The Hall–Kier alpha value is -4.43. The van der Waals surface area contributed by atoms with Crippen molar-refractivity contribution >= 4 is 40.1 Å². The number of nitrogens with two attached hydrogens (primary N) is 1. The van der Waals surface area contributed by atoms with E-state index in [9.17, 15) is 19.1 Å². The van der Waals surface area contributed by atoms with Crippen LogP contribution in [0, 0.1) is 5.82 Å². The van der Waals surface area contributed by atoms with Crippen molar-refractivity contribution in [2.24, 2.45) is 0 Å². The van der Waals surface area contributed by atoms with E-state index in [1.165, 1.54) is 28.0 Å². The lowest BCUT2D eigenvalue weighted by Crippen LogP contribution is -2.61. The van der Waals surface area contributed by atoms with E-state index >= 15 is 0 Å². The van der Waals surface area contributed by atoms with Crippen LogP contribution in [-0.2, 0) is 14.3 Å². The average Bonchev–Trinajstić information content (AvgIpc) is 3.47. The molecule has 14 heteroatoms. The molecule has 1 fully saturated rings. The Balaban J connectivity index is 1.35. The highest BCUT2D eigenvalue weighted by molar-refractivity contribution is 6.06. The van der Waals surface area contributed by atoms with Gasteiger partial charge in [0.15, 0.2) is 28.9 Å². The molecule has 2 unspecified atom stereocenters. The SMILES string of the molecule is CC(O)(C(=O)Nc1cc(F)c2c(N)noc2c1)C1OCCN(c2ccn(-c3ccnnc3)n2)C1=O. The van der Waals surface area contributed by atoms with Gasteiger partial charge in [0, 0.05) is 24.0 Å². The van der Waals surface area contributed by atoms with Gasteiger partial charge in [-0.1, -0.05) is 5.16 Å². The summed E-state index contributed by atoms with van der Waals surface area (Å²) in [5.41, 5.74) is 3.87. The van der Waals surface area contributed by atoms with Crippen molar-refractivity contribution in [1.82, 2.24) is 25.1 Å². The molecule has 4 heterocycles. The molecule has 0 bridgehead atoms. The summed E-state index contributed by atoms with van der Waals surface area (Å²) < 4.78 is 26.3. The van der Waals surface area contributed by atoms with Gasteiger partial charge in [0.25, 0.3) is 11.8 Å². The molecule has 0 aliphatic carbocycles. The molecule has 0 spiro atoms. The second kappa shape index (κ2) is 8.41. The molecule has 2 amide bonds. The average molecular weight is 482 g/mol. The Morgan fingerprint density at radius 3 is 2.94 bits per heavy atom. The Labute approximate surface area is 196 Å². The van der Waals surface area contributed by atoms with Crippen LogP contribution >= 0.6 is 0 Å². The van der Waals surface area contributed by atoms with E-state index in [-0.39, 0.29) is 35.6 Å². The highest BCUT2D eigenvalue weighted by Crippen LogP contribution is 2.29. The summed E-state index contributed by atoms with van der Waals surface area (Å²) in [5.74, 6) is -2.26. The maximum atomic E-state index is 14.4. The molecule has 1 aromatic carbocycles. The number of aromatic nitrogens is 5. The Kier molecular flexibility index (Phi) is 5.37. The number of anilines is 3. The summed E-state index contributed by atoms with van der Waals surface area (Å²) in [5, 5.41) is 28.7.